The predicted molar refractivity (Wildman–Crippen MR) is 72.6 cm³/mol. The van der Waals surface area contributed by atoms with Crippen LogP contribution in [0.5, 0.6) is 0 Å². The molecule has 0 aliphatic heterocycles. The lowest BCUT2D eigenvalue weighted by Crippen LogP contribution is -1.94. The highest BCUT2D eigenvalue weighted by Gasteiger charge is 2.12. The number of halogens is 1. The number of aryl methyl sites for hydroxylation is 1. The van der Waals surface area contributed by atoms with Gasteiger partial charge in [0.15, 0.2) is 0 Å². The molecular weight excluding hydrogens is 248 g/mol. The molecule has 4 nitrogen and oxygen atoms in total. The average Bonchev–Trinajstić information content (AvgIpc) is 2.68. The van der Waals surface area contributed by atoms with Gasteiger partial charge in [0.05, 0.1) is 10.7 Å². The highest BCUT2D eigenvalue weighted by atomic mass is 35.5. The number of pyridine rings is 2. The van der Waals surface area contributed by atoms with Crippen molar-refractivity contribution in [3.63, 3.8) is 0 Å². The summed E-state index contributed by atoms with van der Waals surface area (Å²) in [5.41, 5.74) is 9.38. The third kappa shape index (κ3) is 1.71. The first-order valence-electron chi connectivity index (χ1n) is 5.51. The highest BCUT2D eigenvalue weighted by Crippen LogP contribution is 2.25. The van der Waals surface area contributed by atoms with E-state index in [1.54, 1.807) is 22.9 Å². The molecule has 0 spiro atoms. The van der Waals surface area contributed by atoms with E-state index in [1.807, 2.05) is 25.1 Å². The zero-order valence-corrected chi connectivity index (χ0v) is 10.5. The van der Waals surface area contributed by atoms with Crippen LogP contribution in [0.25, 0.3) is 17.0 Å². The van der Waals surface area contributed by atoms with Crippen LogP contribution < -0.4 is 5.73 Å². The van der Waals surface area contributed by atoms with Gasteiger partial charge in [-0.15, -0.1) is 0 Å². The maximum atomic E-state index is 6.08. The third-order valence-corrected chi connectivity index (χ3v) is 3.00. The third-order valence-electron chi connectivity index (χ3n) is 2.77. The Kier molecular flexibility index (Phi) is 2.45. The van der Waals surface area contributed by atoms with E-state index in [1.165, 1.54) is 0 Å². The van der Waals surface area contributed by atoms with E-state index in [-0.39, 0.29) is 0 Å². The van der Waals surface area contributed by atoms with Gasteiger partial charge >= 0.3 is 0 Å². The molecule has 2 N–H and O–H groups in total. The van der Waals surface area contributed by atoms with Gasteiger partial charge in [-0.1, -0.05) is 17.7 Å². The maximum Gasteiger partial charge on any atom is 0.139 e. The summed E-state index contributed by atoms with van der Waals surface area (Å²) < 4.78 is 1.76. The smallest absolute Gasteiger partial charge is 0.139 e. The van der Waals surface area contributed by atoms with E-state index >= 15 is 0 Å². The van der Waals surface area contributed by atoms with Crippen molar-refractivity contribution >= 4 is 23.1 Å². The summed E-state index contributed by atoms with van der Waals surface area (Å²) in [7, 11) is 0. The molecule has 3 aromatic rings. The van der Waals surface area contributed by atoms with Crippen LogP contribution in [-0.2, 0) is 0 Å². The second-order valence-corrected chi connectivity index (χ2v) is 4.58. The molecule has 0 aliphatic carbocycles. The highest BCUT2D eigenvalue weighted by molar-refractivity contribution is 6.30. The van der Waals surface area contributed by atoms with E-state index in [0.717, 1.165) is 16.9 Å². The summed E-state index contributed by atoms with van der Waals surface area (Å²) in [6.07, 6.45) is 3.54. The predicted octanol–water partition coefficient (Wildman–Crippen LogP) is 2.94. The number of rotatable bonds is 1. The van der Waals surface area contributed by atoms with Crippen LogP contribution in [-0.4, -0.2) is 14.4 Å². The molecule has 0 aliphatic rings. The monoisotopic (exact) mass is 258 g/mol. The topological polar surface area (TPSA) is 56.2 Å². The molecular formula is C13H11ClN4. The van der Waals surface area contributed by atoms with Gasteiger partial charge in [0.2, 0.25) is 0 Å². The fourth-order valence-electron chi connectivity index (χ4n) is 1.83. The lowest BCUT2D eigenvalue weighted by Gasteiger charge is -1.99. The van der Waals surface area contributed by atoms with Gasteiger partial charge in [-0.25, -0.2) is 4.98 Å². The van der Waals surface area contributed by atoms with Crippen molar-refractivity contribution in [3.8, 4) is 11.4 Å². The van der Waals surface area contributed by atoms with Crippen molar-refractivity contribution in [2.45, 2.75) is 6.92 Å². The van der Waals surface area contributed by atoms with Crippen LogP contribution in [0.3, 0.4) is 0 Å². The molecule has 3 heterocycles. The van der Waals surface area contributed by atoms with Gasteiger partial charge in [-0.2, -0.15) is 0 Å². The first-order valence-corrected chi connectivity index (χ1v) is 5.89. The van der Waals surface area contributed by atoms with Crippen LogP contribution >= 0.6 is 11.6 Å². The molecule has 0 saturated heterocycles. The van der Waals surface area contributed by atoms with Crippen molar-refractivity contribution in [1.29, 1.82) is 0 Å². The van der Waals surface area contributed by atoms with E-state index in [4.69, 9.17) is 17.3 Å². The lowest BCUT2D eigenvalue weighted by molar-refractivity contribution is 1.20. The number of imidazole rings is 1. The van der Waals surface area contributed by atoms with Crippen molar-refractivity contribution < 1.29 is 0 Å². The number of nitrogens with two attached hydrogens (primary N) is 1. The van der Waals surface area contributed by atoms with Crippen molar-refractivity contribution in [2.24, 2.45) is 0 Å². The summed E-state index contributed by atoms with van der Waals surface area (Å²) >= 11 is 5.95. The van der Waals surface area contributed by atoms with E-state index in [0.29, 0.717) is 16.5 Å². The summed E-state index contributed by atoms with van der Waals surface area (Å²) in [6.45, 7) is 1.99. The molecule has 0 fully saturated rings. The molecule has 0 unspecified atom stereocenters. The van der Waals surface area contributed by atoms with Gasteiger partial charge in [-0.05, 0) is 30.7 Å². The molecule has 0 atom stereocenters. The fourth-order valence-corrected chi connectivity index (χ4v) is 1.99. The molecule has 3 aromatic heterocycles. The Bertz CT molecular complexity index is 716. The van der Waals surface area contributed by atoms with Crippen LogP contribution in [0, 0.1) is 6.92 Å². The number of anilines is 1. The standard InChI is InChI=1S/C13H11ClN4/c1-8-2-4-10(16-6-8)12-13(15)18-7-9(14)3-5-11(18)17-12/h2-7H,15H2,1H3. The molecule has 90 valence electrons. The van der Waals surface area contributed by atoms with E-state index in [9.17, 15) is 0 Å². The minimum absolute atomic E-state index is 0.545. The van der Waals surface area contributed by atoms with Crippen molar-refractivity contribution in [2.75, 3.05) is 5.73 Å². The van der Waals surface area contributed by atoms with E-state index < -0.39 is 0 Å². The molecule has 5 heteroatoms. The largest absolute Gasteiger partial charge is 0.383 e. The second-order valence-electron chi connectivity index (χ2n) is 4.14. The zero-order chi connectivity index (χ0) is 12.7. The Labute approximate surface area is 109 Å². The van der Waals surface area contributed by atoms with Crippen LogP contribution in [0.2, 0.25) is 5.02 Å². The Morgan fingerprint density at radius 1 is 1.22 bits per heavy atom. The van der Waals surface area contributed by atoms with Crippen LogP contribution in [0.1, 0.15) is 5.56 Å². The number of nitrogens with zero attached hydrogens (tertiary/aromatic N) is 3. The Morgan fingerprint density at radius 3 is 2.78 bits per heavy atom. The number of hydrogen-bond acceptors (Lipinski definition) is 3. The SMILES string of the molecule is Cc1ccc(-c2nc3ccc(Cl)cn3c2N)nc1. The Hall–Kier alpha value is -2.07. The quantitative estimate of drug-likeness (QED) is 0.730. The van der Waals surface area contributed by atoms with Crippen LogP contribution in [0.15, 0.2) is 36.7 Å². The summed E-state index contributed by atoms with van der Waals surface area (Å²) in [5.74, 6) is 0.545. The maximum absolute atomic E-state index is 6.08. The second kappa shape index (κ2) is 3.99. The lowest BCUT2D eigenvalue weighted by atomic mass is 10.2. The molecule has 0 radical (unpaired) electrons. The molecule has 0 saturated carbocycles. The normalized spacial score (nSPS) is 11.0. The Morgan fingerprint density at radius 2 is 2.06 bits per heavy atom. The van der Waals surface area contributed by atoms with Gasteiger partial charge < -0.3 is 5.73 Å². The molecule has 0 bridgehead atoms. The number of hydrogen-bond donors (Lipinski definition) is 1. The number of fused-ring (bicyclic) bond motifs is 1. The van der Waals surface area contributed by atoms with Crippen LogP contribution in [0.4, 0.5) is 5.82 Å². The average molecular weight is 259 g/mol. The van der Waals surface area contributed by atoms with E-state index in [2.05, 4.69) is 9.97 Å². The van der Waals surface area contributed by atoms with Gasteiger partial charge in [0.25, 0.3) is 0 Å². The molecule has 3 rings (SSSR count). The van der Waals surface area contributed by atoms with Crippen molar-refractivity contribution in [1.82, 2.24) is 14.4 Å². The summed E-state index contributed by atoms with van der Waals surface area (Å²) in [5, 5.41) is 0.620. The van der Waals surface area contributed by atoms with Gasteiger partial charge in [0, 0.05) is 12.4 Å². The zero-order valence-electron chi connectivity index (χ0n) is 9.76. The number of nitrogen functional groups attached to an aromatic ring is 1. The van der Waals surface area contributed by atoms with Crippen molar-refractivity contribution in [3.05, 3.63) is 47.2 Å². The summed E-state index contributed by atoms with van der Waals surface area (Å²) in [4.78, 5) is 8.81. The molecule has 18 heavy (non-hydrogen) atoms. The number of aromatic nitrogens is 3. The van der Waals surface area contributed by atoms with Gasteiger partial charge in [-0.3, -0.25) is 9.38 Å². The fraction of sp³-hybridized carbons (Fsp3) is 0.0769. The molecule has 0 amide bonds. The molecule has 0 aromatic carbocycles. The minimum Gasteiger partial charge on any atom is -0.383 e. The first-order chi connectivity index (χ1) is 8.65. The van der Waals surface area contributed by atoms with Gasteiger partial charge in [0.1, 0.15) is 17.2 Å². The minimum atomic E-state index is 0.545. The Balaban J connectivity index is 2.23. The summed E-state index contributed by atoms with van der Waals surface area (Å²) in [6, 6.07) is 7.51. The first kappa shape index (κ1) is 11.0.